The van der Waals surface area contributed by atoms with Crippen molar-refractivity contribution in [3.8, 4) is 0 Å². The minimum absolute atomic E-state index is 0.242. The highest BCUT2D eigenvalue weighted by Crippen LogP contribution is 2.18. The number of thioether (sulfide) groups is 1. The normalized spacial score (nSPS) is 13.6. The van der Waals surface area contributed by atoms with E-state index in [0.717, 1.165) is 11.5 Å². The van der Waals surface area contributed by atoms with Gasteiger partial charge in [-0.25, -0.2) is 0 Å². The van der Waals surface area contributed by atoms with Crippen LogP contribution in [0, 0.1) is 6.92 Å². The van der Waals surface area contributed by atoms with E-state index in [1.54, 1.807) is 29.7 Å². The van der Waals surface area contributed by atoms with Gasteiger partial charge in [0.05, 0.1) is 13.2 Å². The molecule has 1 aromatic carbocycles. The molecule has 0 spiro atoms. The molecule has 2 amide bonds. The number of furan rings is 1. The fraction of sp³-hybridized carbons (Fsp3) is 0.222. The molecule has 0 unspecified atom stereocenters. The summed E-state index contributed by atoms with van der Waals surface area (Å²) in [6, 6.07) is 10.4. The van der Waals surface area contributed by atoms with E-state index in [0.29, 0.717) is 35.9 Å². The molecule has 130 valence electrons. The maximum absolute atomic E-state index is 12.3. The maximum Gasteiger partial charge on any atom is 0.291 e. The highest BCUT2D eigenvalue weighted by atomic mass is 32.2. The highest BCUT2D eigenvalue weighted by molar-refractivity contribution is 8.02. The number of amides is 2. The largest absolute Gasteiger partial charge is 0.487 e. The second kappa shape index (κ2) is 7.94. The topological polar surface area (TPSA) is 80.6 Å². The van der Waals surface area contributed by atoms with Crippen LogP contribution in [0.2, 0.25) is 0 Å². The first-order valence-corrected chi connectivity index (χ1v) is 8.86. The zero-order valence-electron chi connectivity index (χ0n) is 13.7. The second-order valence-electron chi connectivity index (χ2n) is 5.43. The van der Waals surface area contributed by atoms with Crippen molar-refractivity contribution in [1.29, 1.82) is 0 Å². The van der Waals surface area contributed by atoms with Crippen molar-refractivity contribution in [3.63, 3.8) is 0 Å². The molecule has 0 bridgehead atoms. The number of anilines is 1. The van der Waals surface area contributed by atoms with Gasteiger partial charge in [0.25, 0.3) is 11.8 Å². The van der Waals surface area contributed by atoms with E-state index in [4.69, 9.17) is 9.15 Å². The summed E-state index contributed by atoms with van der Waals surface area (Å²) in [4.78, 5) is 24.4. The van der Waals surface area contributed by atoms with Gasteiger partial charge in [0.1, 0.15) is 11.5 Å². The van der Waals surface area contributed by atoms with Crippen molar-refractivity contribution in [3.05, 3.63) is 64.6 Å². The zero-order valence-corrected chi connectivity index (χ0v) is 14.5. The van der Waals surface area contributed by atoms with Gasteiger partial charge < -0.3 is 19.8 Å². The highest BCUT2D eigenvalue weighted by Gasteiger charge is 2.15. The number of rotatable bonds is 5. The molecule has 7 heteroatoms. The molecule has 2 aromatic rings. The molecule has 2 N–H and O–H groups in total. The average Bonchev–Trinajstić information content (AvgIpc) is 3.06. The first-order chi connectivity index (χ1) is 12.1. The second-order valence-corrected chi connectivity index (χ2v) is 6.41. The van der Waals surface area contributed by atoms with Gasteiger partial charge in [-0.15, -0.1) is 11.8 Å². The summed E-state index contributed by atoms with van der Waals surface area (Å²) >= 11 is 1.54. The Morgan fingerprint density at radius 3 is 2.80 bits per heavy atom. The first kappa shape index (κ1) is 17.2. The summed E-state index contributed by atoms with van der Waals surface area (Å²) in [5.74, 6) is 2.05. The van der Waals surface area contributed by atoms with Crippen LogP contribution < -0.4 is 10.6 Å². The van der Waals surface area contributed by atoms with E-state index in [1.807, 2.05) is 19.1 Å². The van der Waals surface area contributed by atoms with Crippen LogP contribution in [0.1, 0.15) is 21.9 Å². The molecule has 0 saturated carbocycles. The van der Waals surface area contributed by atoms with E-state index in [2.05, 4.69) is 10.6 Å². The number of nitrogens with one attached hydrogen (secondary N) is 2. The van der Waals surface area contributed by atoms with Crippen molar-refractivity contribution in [2.24, 2.45) is 0 Å². The van der Waals surface area contributed by atoms with Gasteiger partial charge in [0, 0.05) is 22.4 Å². The summed E-state index contributed by atoms with van der Waals surface area (Å²) in [6.45, 7) is 2.67. The van der Waals surface area contributed by atoms with Crippen LogP contribution in [-0.4, -0.2) is 24.2 Å². The number of ether oxygens (including phenoxy) is 1. The molecule has 0 aliphatic carbocycles. The van der Waals surface area contributed by atoms with E-state index in [9.17, 15) is 9.59 Å². The lowest BCUT2D eigenvalue weighted by Crippen LogP contribution is -2.23. The molecule has 0 saturated heterocycles. The van der Waals surface area contributed by atoms with Crippen molar-refractivity contribution >= 4 is 29.3 Å². The van der Waals surface area contributed by atoms with Crippen LogP contribution in [0.25, 0.3) is 0 Å². The Bertz CT molecular complexity index is 813. The molecule has 0 radical (unpaired) electrons. The van der Waals surface area contributed by atoms with Gasteiger partial charge in [0.15, 0.2) is 5.76 Å². The lowest BCUT2D eigenvalue weighted by atomic mass is 10.2. The minimum atomic E-state index is -0.323. The predicted molar refractivity (Wildman–Crippen MR) is 96.2 cm³/mol. The van der Waals surface area contributed by atoms with Crippen LogP contribution in [0.5, 0.6) is 0 Å². The van der Waals surface area contributed by atoms with E-state index in [1.165, 1.54) is 11.8 Å². The minimum Gasteiger partial charge on any atom is -0.487 e. The Balaban J connectivity index is 1.61. The number of aryl methyl sites for hydroxylation is 1. The van der Waals surface area contributed by atoms with Gasteiger partial charge in [-0.1, -0.05) is 6.07 Å². The summed E-state index contributed by atoms with van der Waals surface area (Å²) in [6.07, 6.45) is 0. The number of carbonyl (C=O) groups excluding carboxylic acids is 2. The molecule has 1 aliphatic heterocycles. The number of carbonyl (C=O) groups is 2. The van der Waals surface area contributed by atoms with Crippen LogP contribution >= 0.6 is 11.8 Å². The SMILES string of the molecule is Cc1ccc(CNC(=O)c2cccc(NC(=O)C3=CSCCO3)c2)o1. The quantitative estimate of drug-likeness (QED) is 0.859. The molecule has 25 heavy (non-hydrogen) atoms. The summed E-state index contributed by atoms with van der Waals surface area (Å²) in [5.41, 5.74) is 0.987. The first-order valence-electron chi connectivity index (χ1n) is 7.81. The van der Waals surface area contributed by atoms with Gasteiger partial charge in [-0.2, -0.15) is 0 Å². The molecule has 3 rings (SSSR count). The summed E-state index contributed by atoms with van der Waals surface area (Å²) in [5, 5.41) is 7.22. The van der Waals surface area contributed by atoms with Crippen LogP contribution in [-0.2, 0) is 16.1 Å². The van der Waals surface area contributed by atoms with Gasteiger partial charge >= 0.3 is 0 Å². The fourth-order valence-corrected chi connectivity index (χ4v) is 2.89. The maximum atomic E-state index is 12.3. The molecule has 1 aromatic heterocycles. The van der Waals surface area contributed by atoms with Crippen LogP contribution in [0.15, 0.2) is 52.0 Å². The van der Waals surface area contributed by atoms with Crippen molar-refractivity contribution in [2.45, 2.75) is 13.5 Å². The Morgan fingerprint density at radius 2 is 2.08 bits per heavy atom. The summed E-state index contributed by atoms with van der Waals surface area (Å²) in [7, 11) is 0. The Hall–Kier alpha value is -2.67. The molecule has 0 atom stereocenters. The van der Waals surface area contributed by atoms with Crippen LogP contribution in [0.4, 0.5) is 5.69 Å². The lowest BCUT2D eigenvalue weighted by Gasteiger charge is -2.14. The average molecular weight is 358 g/mol. The van der Waals surface area contributed by atoms with Gasteiger partial charge in [0.2, 0.25) is 0 Å². The molecular formula is C18H18N2O4S. The number of hydrogen-bond acceptors (Lipinski definition) is 5. The predicted octanol–water partition coefficient (Wildman–Crippen LogP) is 3.06. The number of benzene rings is 1. The van der Waals surface area contributed by atoms with E-state index >= 15 is 0 Å². The van der Waals surface area contributed by atoms with Gasteiger partial charge in [-0.05, 0) is 37.3 Å². The third-order valence-electron chi connectivity index (χ3n) is 3.47. The van der Waals surface area contributed by atoms with E-state index in [-0.39, 0.29) is 11.8 Å². The third-order valence-corrected chi connectivity index (χ3v) is 4.26. The Kier molecular flexibility index (Phi) is 5.45. The Labute approximate surface area is 149 Å². The fourth-order valence-electron chi connectivity index (χ4n) is 2.27. The smallest absolute Gasteiger partial charge is 0.291 e. The van der Waals surface area contributed by atoms with E-state index < -0.39 is 0 Å². The number of hydrogen-bond donors (Lipinski definition) is 2. The molecular weight excluding hydrogens is 340 g/mol. The lowest BCUT2D eigenvalue weighted by molar-refractivity contribution is -0.116. The summed E-state index contributed by atoms with van der Waals surface area (Å²) < 4.78 is 10.7. The van der Waals surface area contributed by atoms with Crippen molar-refractivity contribution in [2.75, 3.05) is 17.7 Å². The Morgan fingerprint density at radius 1 is 1.20 bits per heavy atom. The van der Waals surface area contributed by atoms with Crippen molar-refractivity contribution in [1.82, 2.24) is 5.32 Å². The van der Waals surface area contributed by atoms with Crippen molar-refractivity contribution < 1.29 is 18.7 Å². The monoisotopic (exact) mass is 358 g/mol. The van der Waals surface area contributed by atoms with Crippen LogP contribution in [0.3, 0.4) is 0 Å². The zero-order chi connectivity index (χ0) is 17.6. The molecule has 2 heterocycles. The van der Waals surface area contributed by atoms with Gasteiger partial charge in [-0.3, -0.25) is 9.59 Å². The molecule has 6 nitrogen and oxygen atoms in total. The molecule has 1 aliphatic rings. The standard InChI is InChI=1S/C18H18N2O4S/c1-12-5-6-15(24-12)10-19-17(21)13-3-2-4-14(9-13)20-18(22)16-11-25-8-7-23-16/h2-6,9,11H,7-8,10H2,1H3,(H,19,21)(H,20,22). The molecule has 0 fully saturated rings. The third kappa shape index (κ3) is 4.67.